The van der Waals surface area contributed by atoms with Crippen molar-refractivity contribution >= 4 is 26.9 Å². The summed E-state index contributed by atoms with van der Waals surface area (Å²) in [7, 11) is -3.75. The van der Waals surface area contributed by atoms with Crippen molar-refractivity contribution in [2.75, 3.05) is 6.54 Å². The normalized spacial score (nSPS) is 12.5. The fraction of sp³-hybridized carbons (Fsp3) is 0.167. The lowest BCUT2D eigenvalue weighted by Gasteiger charge is -2.07. The molecular formula is C18H19FN4O2S. The third-order valence-electron chi connectivity index (χ3n) is 4.02. The lowest BCUT2D eigenvalue weighted by Crippen LogP contribution is -2.37. The van der Waals surface area contributed by atoms with E-state index in [1.54, 1.807) is 24.3 Å². The quantitative estimate of drug-likeness (QED) is 0.472. The standard InChI is InChI=1S/C18H19FN4O2S/c1-12-15(16-11-13(19)7-8-17(16)22-12)9-10-21-18(20)23-26(24,25)14-5-3-2-4-6-14/h2-8,11,22H,9-10H2,1H3,(H3,20,21,23). The highest BCUT2D eigenvalue weighted by Crippen LogP contribution is 2.23. The van der Waals surface area contributed by atoms with Crippen LogP contribution in [-0.2, 0) is 16.4 Å². The summed E-state index contributed by atoms with van der Waals surface area (Å²) in [6.07, 6.45) is 0.503. The first-order valence-electron chi connectivity index (χ1n) is 8.01. The molecule has 0 aliphatic carbocycles. The zero-order valence-corrected chi connectivity index (χ0v) is 15.0. The highest BCUT2D eigenvalue weighted by atomic mass is 32.2. The second-order valence-corrected chi connectivity index (χ2v) is 7.54. The molecule has 0 radical (unpaired) electrons. The molecule has 8 heteroatoms. The van der Waals surface area contributed by atoms with E-state index < -0.39 is 10.0 Å². The van der Waals surface area contributed by atoms with Gasteiger partial charge in [0.1, 0.15) is 5.82 Å². The SMILES string of the molecule is Cc1[nH]c2ccc(F)cc2c1CCN=C(N)NS(=O)(=O)c1ccccc1. The van der Waals surface area contributed by atoms with Crippen LogP contribution in [0.25, 0.3) is 10.9 Å². The zero-order chi connectivity index (χ0) is 18.7. The average Bonchev–Trinajstić information content (AvgIpc) is 2.90. The lowest BCUT2D eigenvalue weighted by molar-refractivity contribution is 0.592. The third-order valence-corrected chi connectivity index (χ3v) is 5.39. The molecule has 0 aliphatic heterocycles. The number of H-pyrrole nitrogens is 1. The van der Waals surface area contributed by atoms with Gasteiger partial charge in [-0.1, -0.05) is 18.2 Å². The summed E-state index contributed by atoms with van der Waals surface area (Å²) in [5.74, 6) is -0.492. The van der Waals surface area contributed by atoms with Crippen molar-refractivity contribution < 1.29 is 12.8 Å². The zero-order valence-electron chi connectivity index (χ0n) is 14.2. The maximum Gasteiger partial charge on any atom is 0.264 e. The molecule has 3 aromatic rings. The van der Waals surface area contributed by atoms with Crippen LogP contribution >= 0.6 is 0 Å². The van der Waals surface area contributed by atoms with Crippen molar-refractivity contribution in [1.29, 1.82) is 0 Å². The molecule has 2 aromatic carbocycles. The van der Waals surface area contributed by atoms with Gasteiger partial charge >= 0.3 is 0 Å². The average molecular weight is 374 g/mol. The highest BCUT2D eigenvalue weighted by molar-refractivity contribution is 7.90. The van der Waals surface area contributed by atoms with Crippen molar-refractivity contribution in [2.24, 2.45) is 10.7 Å². The lowest BCUT2D eigenvalue weighted by atomic mass is 10.1. The first-order valence-corrected chi connectivity index (χ1v) is 9.49. The van der Waals surface area contributed by atoms with Gasteiger partial charge in [0.25, 0.3) is 10.0 Å². The first-order chi connectivity index (χ1) is 12.4. The number of nitrogens with zero attached hydrogens (tertiary/aromatic N) is 1. The van der Waals surface area contributed by atoms with Crippen LogP contribution in [0.4, 0.5) is 4.39 Å². The van der Waals surface area contributed by atoms with Gasteiger partial charge in [0.05, 0.1) is 4.90 Å². The Morgan fingerprint density at radius 3 is 2.69 bits per heavy atom. The Kier molecular flexibility index (Phi) is 4.94. The topological polar surface area (TPSA) is 100 Å². The number of halogens is 1. The molecule has 1 aromatic heterocycles. The summed E-state index contributed by atoms with van der Waals surface area (Å²) < 4.78 is 40.1. The van der Waals surface area contributed by atoms with Crippen LogP contribution in [0.15, 0.2) is 58.4 Å². The molecule has 136 valence electrons. The maximum atomic E-state index is 13.5. The van der Waals surface area contributed by atoms with Gasteiger partial charge in [0, 0.05) is 23.1 Å². The summed E-state index contributed by atoms with van der Waals surface area (Å²) in [6, 6.07) is 12.5. The van der Waals surface area contributed by atoms with E-state index >= 15 is 0 Å². The van der Waals surface area contributed by atoms with E-state index in [9.17, 15) is 12.8 Å². The van der Waals surface area contributed by atoms with E-state index in [1.165, 1.54) is 24.3 Å². The molecule has 0 bridgehead atoms. The molecule has 0 unspecified atom stereocenters. The third kappa shape index (κ3) is 3.85. The largest absolute Gasteiger partial charge is 0.369 e. The summed E-state index contributed by atoms with van der Waals surface area (Å²) in [4.78, 5) is 7.38. The Morgan fingerprint density at radius 1 is 1.23 bits per heavy atom. The van der Waals surface area contributed by atoms with Crippen LogP contribution in [0.3, 0.4) is 0 Å². The van der Waals surface area contributed by atoms with E-state index in [-0.39, 0.29) is 23.2 Å². The summed E-state index contributed by atoms with van der Waals surface area (Å²) in [5, 5.41) is 0.793. The van der Waals surface area contributed by atoms with E-state index in [4.69, 9.17) is 5.73 Å². The Balaban J connectivity index is 1.71. The molecule has 0 aliphatic rings. The number of hydrogen-bond donors (Lipinski definition) is 3. The molecule has 0 saturated heterocycles. The minimum Gasteiger partial charge on any atom is -0.369 e. The Morgan fingerprint density at radius 2 is 1.96 bits per heavy atom. The Hall–Kier alpha value is -2.87. The second kappa shape index (κ2) is 7.17. The van der Waals surface area contributed by atoms with Crippen molar-refractivity contribution in [2.45, 2.75) is 18.2 Å². The number of aliphatic imine (C=N–C) groups is 1. The summed E-state index contributed by atoms with van der Waals surface area (Å²) in [6.45, 7) is 2.17. The van der Waals surface area contributed by atoms with Crippen LogP contribution in [0.1, 0.15) is 11.3 Å². The molecule has 0 atom stereocenters. The monoisotopic (exact) mass is 374 g/mol. The molecule has 6 nitrogen and oxygen atoms in total. The van der Waals surface area contributed by atoms with Gasteiger partial charge in [-0.3, -0.25) is 4.99 Å². The molecule has 0 spiro atoms. The van der Waals surface area contributed by atoms with Crippen molar-refractivity contribution in [1.82, 2.24) is 9.71 Å². The van der Waals surface area contributed by atoms with Gasteiger partial charge in [-0.25, -0.2) is 17.5 Å². The van der Waals surface area contributed by atoms with Gasteiger partial charge in [-0.15, -0.1) is 0 Å². The first kappa shape index (κ1) is 17.9. The van der Waals surface area contributed by atoms with Gasteiger partial charge in [0.15, 0.2) is 0 Å². The molecule has 0 amide bonds. The van der Waals surface area contributed by atoms with Crippen LogP contribution in [0.5, 0.6) is 0 Å². The number of aromatic amines is 1. The van der Waals surface area contributed by atoms with Crippen molar-refractivity contribution in [3.8, 4) is 0 Å². The van der Waals surface area contributed by atoms with Crippen molar-refractivity contribution in [3.63, 3.8) is 0 Å². The predicted octanol–water partition coefficient (Wildman–Crippen LogP) is 2.45. The minimum atomic E-state index is -3.75. The van der Waals surface area contributed by atoms with Gasteiger partial charge in [-0.2, -0.15) is 0 Å². The number of aryl methyl sites for hydroxylation is 1. The van der Waals surface area contributed by atoms with Gasteiger partial charge < -0.3 is 10.7 Å². The molecular weight excluding hydrogens is 355 g/mol. The van der Waals surface area contributed by atoms with Gasteiger partial charge in [0.2, 0.25) is 5.96 Å². The molecule has 3 rings (SSSR count). The van der Waals surface area contributed by atoms with Crippen LogP contribution in [0, 0.1) is 12.7 Å². The molecule has 0 saturated carbocycles. The highest BCUT2D eigenvalue weighted by Gasteiger charge is 2.14. The van der Waals surface area contributed by atoms with Crippen molar-refractivity contribution in [3.05, 3.63) is 65.6 Å². The summed E-state index contributed by atoms with van der Waals surface area (Å²) >= 11 is 0. The fourth-order valence-electron chi connectivity index (χ4n) is 2.79. The van der Waals surface area contributed by atoms with Crippen LogP contribution < -0.4 is 10.5 Å². The van der Waals surface area contributed by atoms with Gasteiger partial charge in [-0.05, 0) is 49.2 Å². The Labute approximate surface area is 151 Å². The Bertz CT molecular complexity index is 1060. The smallest absolute Gasteiger partial charge is 0.264 e. The number of nitrogens with one attached hydrogen (secondary N) is 2. The number of rotatable bonds is 5. The number of guanidine groups is 1. The van der Waals surface area contributed by atoms with E-state index in [2.05, 4.69) is 14.7 Å². The van der Waals surface area contributed by atoms with E-state index in [0.29, 0.717) is 6.42 Å². The molecule has 4 N–H and O–H groups in total. The number of aromatic nitrogens is 1. The number of fused-ring (bicyclic) bond motifs is 1. The molecule has 1 heterocycles. The second-order valence-electron chi connectivity index (χ2n) is 5.85. The minimum absolute atomic E-state index is 0.112. The predicted molar refractivity (Wildman–Crippen MR) is 100.0 cm³/mol. The number of sulfonamides is 1. The molecule has 0 fully saturated rings. The molecule has 26 heavy (non-hydrogen) atoms. The fourth-order valence-corrected chi connectivity index (χ4v) is 3.77. The van der Waals surface area contributed by atoms with E-state index in [0.717, 1.165) is 22.2 Å². The number of benzene rings is 2. The maximum absolute atomic E-state index is 13.5. The van der Waals surface area contributed by atoms with Crippen LogP contribution in [0.2, 0.25) is 0 Å². The number of hydrogen-bond acceptors (Lipinski definition) is 3. The van der Waals surface area contributed by atoms with Crippen LogP contribution in [-0.4, -0.2) is 25.9 Å². The number of nitrogens with two attached hydrogens (primary N) is 1. The summed E-state index contributed by atoms with van der Waals surface area (Å²) in [5.41, 5.74) is 8.40. The van der Waals surface area contributed by atoms with E-state index in [1.807, 2.05) is 6.92 Å².